The van der Waals surface area contributed by atoms with E-state index in [9.17, 15) is 4.79 Å². The number of carbonyl (C=O) groups is 1. The summed E-state index contributed by atoms with van der Waals surface area (Å²) in [6.45, 7) is 4.12. The van der Waals surface area contributed by atoms with E-state index in [1.807, 2.05) is 12.1 Å². The van der Waals surface area contributed by atoms with Crippen LogP contribution in [-0.4, -0.2) is 26.7 Å². The molecular formula is C16H21NO3. The number of ether oxygens (including phenoxy) is 2. The molecule has 0 heterocycles. The van der Waals surface area contributed by atoms with Gasteiger partial charge in [0.05, 0.1) is 14.2 Å². The van der Waals surface area contributed by atoms with Crippen molar-refractivity contribution in [2.45, 2.75) is 25.2 Å². The number of aryl methyl sites for hydroxylation is 1. The summed E-state index contributed by atoms with van der Waals surface area (Å²) < 4.78 is 10.7. The molecule has 1 amide bonds. The first kappa shape index (κ1) is 14.4. The first-order chi connectivity index (χ1) is 9.69. The van der Waals surface area contributed by atoms with E-state index in [1.54, 1.807) is 20.3 Å². The summed E-state index contributed by atoms with van der Waals surface area (Å²) in [5.41, 5.74) is 2.46. The van der Waals surface area contributed by atoms with Gasteiger partial charge < -0.3 is 14.8 Å². The zero-order chi connectivity index (χ0) is 14.5. The number of methoxy groups -OCH3 is 2. The van der Waals surface area contributed by atoms with Gasteiger partial charge in [0, 0.05) is 13.0 Å². The zero-order valence-electron chi connectivity index (χ0n) is 12.1. The van der Waals surface area contributed by atoms with Crippen LogP contribution in [0.3, 0.4) is 0 Å². The van der Waals surface area contributed by atoms with Gasteiger partial charge in [-0.05, 0) is 42.0 Å². The fraction of sp³-hybridized carbons (Fsp3) is 0.438. The molecule has 0 saturated carbocycles. The predicted octanol–water partition coefficient (Wildman–Crippen LogP) is 2.43. The average Bonchev–Trinajstić information content (AvgIpc) is 2.85. The van der Waals surface area contributed by atoms with E-state index in [0.717, 1.165) is 24.3 Å². The minimum absolute atomic E-state index is 0.0672. The summed E-state index contributed by atoms with van der Waals surface area (Å²) in [6.07, 6.45) is 4.17. The van der Waals surface area contributed by atoms with Crippen molar-refractivity contribution in [3.05, 3.63) is 35.9 Å². The second-order valence-electron chi connectivity index (χ2n) is 4.94. The van der Waals surface area contributed by atoms with Crippen molar-refractivity contribution in [3.8, 4) is 11.5 Å². The van der Waals surface area contributed by atoms with Crippen LogP contribution in [0.25, 0.3) is 0 Å². The van der Waals surface area contributed by atoms with Crippen LogP contribution >= 0.6 is 0 Å². The fourth-order valence-corrected chi connectivity index (χ4v) is 2.71. The van der Waals surface area contributed by atoms with E-state index in [2.05, 4.69) is 11.9 Å². The van der Waals surface area contributed by atoms with Gasteiger partial charge in [-0.15, -0.1) is 6.58 Å². The van der Waals surface area contributed by atoms with Crippen LogP contribution in [0.5, 0.6) is 11.5 Å². The van der Waals surface area contributed by atoms with Gasteiger partial charge in [-0.1, -0.05) is 6.08 Å². The van der Waals surface area contributed by atoms with Crippen LogP contribution in [0.15, 0.2) is 24.8 Å². The molecule has 0 spiro atoms. The SMILES string of the molecule is C=CCNC(=O)CC1CCc2cc(OC)c(OC)cc21. The summed E-state index contributed by atoms with van der Waals surface area (Å²) in [4.78, 5) is 11.8. The Hall–Kier alpha value is -1.97. The van der Waals surface area contributed by atoms with E-state index < -0.39 is 0 Å². The lowest BCUT2D eigenvalue weighted by Crippen LogP contribution is -2.24. The molecule has 1 aromatic rings. The Morgan fingerprint density at radius 1 is 1.40 bits per heavy atom. The van der Waals surface area contributed by atoms with Crippen LogP contribution in [-0.2, 0) is 11.2 Å². The molecule has 4 heteroatoms. The van der Waals surface area contributed by atoms with Crippen molar-refractivity contribution in [2.24, 2.45) is 0 Å². The molecule has 0 aliphatic heterocycles. The molecule has 4 nitrogen and oxygen atoms in total. The molecule has 20 heavy (non-hydrogen) atoms. The van der Waals surface area contributed by atoms with Crippen molar-refractivity contribution in [3.63, 3.8) is 0 Å². The predicted molar refractivity (Wildman–Crippen MR) is 78.4 cm³/mol. The molecule has 1 aromatic carbocycles. The Labute approximate surface area is 119 Å². The third-order valence-corrected chi connectivity index (χ3v) is 3.72. The normalized spacial score (nSPS) is 16.4. The number of carbonyl (C=O) groups excluding carboxylic acids is 1. The molecule has 1 atom stereocenters. The van der Waals surface area contributed by atoms with Crippen LogP contribution in [0.2, 0.25) is 0 Å². The number of fused-ring (bicyclic) bond motifs is 1. The molecule has 0 saturated heterocycles. The first-order valence-corrected chi connectivity index (χ1v) is 6.82. The molecule has 0 bridgehead atoms. The smallest absolute Gasteiger partial charge is 0.220 e. The average molecular weight is 275 g/mol. The summed E-state index contributed by atoms with van der Waals surface area (Å²) in [7, 11) is 3.27. The van der Waals surface area contributed by atoms with Crippen molar-refractivity contribution in [2.75, 3.05) is 20.8 Å². The molecule has 0 fully saturated rings. The minimum Gasteiger partial charge on any atom is -0.493 e. The Morgan fingerprint density at radius 3 is 2.75 bits per heavy atom. The summed E-state index contributed by atoms with van der Waals surface area (Å²) in [5, 5.41) is 2.83. The largest absolute Gasteiger partial charge is 0.493 e. The van der Waals surface area contributed by atoms with E-state index in [4.69, 9.17) is 9.47 Å². The Balaban J connectivity index is 2.15. The van der Waals surface area contributed by atoms with Crippen LogP contribution in [0.1, 0.15) is 29.9 Å². The molecule has 1 aliphatic carbocycles. The standard InChI is InChI=1S/C16H21NO3/c1-4-7-17-16(18)9-12-6-5-11-8-14(19-2)15(20-3)10-13(11)12/h4,8,10,12H,1,5-7,9H2,2-3H3,(H,17,18). The Morgan fingerprint density at radius 2 is 2.10 bits per heavy atom. The lowest BCUT2D eigenvalue weighted by molar-refractivity contribution is -0.121. The highest BCUT2D eigenvalue weighted by atomic mass is 16.5. The van der Waals surface area contributed by atoms with Gasteiger partial charge in [0.1, 0.15) is 0 Å². The fourth-order valence-electron chi connectivity index (χ4n) is 2.71. The van der Waals surface area contributed by atoms with E-state index in [1.165, 1.54) is 11.1 Å². The maximum absolute atomic E-state index is 11.8. The number of nitrogens with one attached hydrogen (secondary N) is 1. The lowest BCUT2D eigenvalue weighted by atomic mass is 9.97. The van der Waals surface area contributed by atoms with Gasteiger partial charge in [-0.25, -0.2) is 0 Å². The topological polar surface area (TPSA) is 47.6 Å². The zero-order valence-corrected chi connectivity index (χ0v) is 12.1. The maximum atomic E-state index is 11.8. The number of hydrogen-bond acceptors (Lipinski definition) is 3. The molecule has 2 rings (SSSR count). The van der Waals surface area contributed by atoms with Crippen molar-refractivity contribution in [1.29, 1.82) is 0 Å². The molecule has 1 aliphatic rings. The monoisotopic (exact) mass is 275 g/mol. The third-order valence-electron chi connectivity index (χ3n) is 3.72. The van der Waals surface area contributed by atoms with Crippen LogP contribution in [0.4, 0.5) is 0 Å². The van der Waals surface area contributed by atoms with Crippen molar-refractivity contribution >= 4 is 5.91 Å². The lowest BCUT2D eigenvalue weighted by Gasteiger charge is -2.14. The molecule has 0 radical (unpaired) electrons. The molecule has 0 aromatic heterocycles. The van der Waals surface area contributed by atoms with Crippen molar-refractivity contribution < 1.29 is 14.3 Å². The highest BCUT2D eigenvalue weighted by Gasteiger charge is 2.26. The van der Waals surface area contributed by atoms with Gasteiger partial charge in [0.2, 0.25) is 5.91 Å². The quantitative estimate of drug-likeness (QED) is 0.811. The van der Waals surface area contributed by atoms with E-state index >= 15 is 0 Å². The molecule has 1 N–H and O–H groups in total. The van der Waals surface area contributed by atoms with Gasteiger partial charge in [0.15, 0.2) is 11.5 Å². The first-order valence-electron chi connectivity index (χ1n) is 6.82. The number of amides is 1. The maximum Gasteiger partial charge on any atom is 0.220 e. The summed E-state index contributed by atoms with van der Waals surface area (Å²) in [5.74, 6) is 1.81. The minimum atomic E-state index is 0.0672. The van der Waals surface area contributed by atoms with Gasteiger partial charge in [0.25, 0.3) is 0 Å². The Kier molecular flexibility index (Phi) is 4.66. The highest BCUT2D eigenvalue weighted by Crippen LogP contribution is 2.41. The van der Waals surface area contributed by atoms with E-state index in [-0.39, 0.29) is 11.8 Å². The Bertz CT molecular complexity index is 511. The van der Waals surface area contributed by atoms with Gasteiger partial charge in [-0.3, -0.25) is 4.79 Å². The van der Waals surface area contributed by atoms with Crippen LogP contribution in [0, 0.1) is 0 Å². The van der Waals surface area contributed by atoms with Crippen LogP contribution < -0.4 is 14.8 Å². The summed E-state index contributed by atoms with van der Waals surface area (Å²) >= 11 is 0. The molecule has 108 valence electrons. The van der Waals surface area contributed by atoms with Gasteiger partial charge in [-0.2, -0.15) is 0 Å². The second kappa shape index (κ2) is 6.46. The molecule has 1 unspecified atom stereocenters. The number of benzene rings is 1. The number of hydrogen-bond donors (Lipinski definition) is 1. The molecular weight excluding hydrogens is 254 g/mol. The van der Waals surface area contributed by atoms with Crippen molar-refractivity contribution in [1.82, 2.24) is 5.32 Å². The second-order valence-corrected chi connectivity index (χ2v) is 4.94. The summed E-state index contributed by atoms with van der Waals surface area (Å²) in [6, 6.07) is 4.03. The highest BCUT2D eigenvalue weighted by molar-refractivity contribution is 5.77. The number of rotatable bonds is 6. The van der Waals surface area contributed by atoms with E-state index in [0.29, 0.717) is 13.0 Å². The third kappa shape index (κ3) is 2.95. The van der Waals surface area contributed by atoms with Gasteiger partial charge >= 0.3 is 0 Å².